The van der Waals surface area contributed by atoms with Crippen LogP contribution in [0.2, 0.25) is 10.0 Å². The van der Waals surface area contributed by atoms with Crippen molar-refractivity contribution in [2.24, 2.45) is 0 Å². The van der Waals surface area contributed by atoms with Gasteiger partial charge in [0.25, 0.3) is 10.0 Å². The van der Waals surface area contributed by atoms with Crippen molar-refractivity contribution in [3.8, 4) is 5.75 Å². The number of unbranched alkanes of at least 4 members (excludes halogenated alkanes) is 1. The van der Waals surface area contributed by atoms with Gasteiger partial charge in [-0.1, -0.05) is 79.9 Å². The van der Waals surface area contributed by atoms with Crippen molar-refractivity contribution in [1.29, 1.82) is 0 Å². The Morgan fingerprint density at radius 1 is 0.927 bits per heavy atom. The average molecular weight is 621 g/mol. The second-order valence-electron chi connectivity index (χ2n) is 9.29. The molecule has 0 aliphatic rings. The van der Waals surface area contributed by atoms with Gasteiger partial charge in [-0.2, -0.15) is 0 Å². The van der Waals surface area contributed by atoms with E-state index in [4.69, 9.17) is 27.9 Å². The molecule has 0 unspecified atom stereocenters. The van der Waals surface area contributed by atoms with Gasteiger partial charge in [-0.05, 0) is 49.2 Å². The Labute approximate surface area is 252 Å². The number of sulfonamides is 1. The first kappa shape index (κ1) is 32.2. The topological polar surface area (TPSA) is 96.0 Å². The molecule has 0 aliphatic heterocycles. The zero-order valence-electron chi connectivity index (χ0n) is 23.3. The van der Waals surface area contributed by atoms with E-state index in [9.17, 15) is 18.0 Å². The van der Waals surface area contributed by atoms with Crippen LogP contribution in [-0.2, 0) is 26.2 Å². The smallest absolute Gasteiger partial charge is 0.264 e. The number of carbonyl (C=O) groups excluding carboxylic acids is 2. The predicted molar refractivity (Wildman–Crippen MR) is 163 cm³/mol. The third-order valence-corrected chi connectivity index (χ3v) is 9.05. The maximum absolute atomic E-state index is 14.2. The van der Waals surface area contributed by atoms with Crippen LogP contribution in [0.5, 0.6) is 5.75 Å². The van der Waals surface area contributed by atoms with Gasteiger partial charge in [0, 0.05) is 28.7 Å². The van der Waals surface area contributed by atoms with Crippen molar-refractivity contribution in [2.45, 2.75) is 50.6 Å². The van der Waals surface area contributed by atoms with Gasteiger partial charge in [-0.15, -0.1) is 0 Å². The minimum Gasteiger partial charge on any atom is -0.495 e. The second kappa shape index (κ2) is 15.1. The molecular weight excluding hydrogens is 585 g/mol. The quantitative estimate of drug-likeness (QED) is 0.226. The summed E-state index contributed by atoms with van der Waals surface area (Å²) in [7, 11) is -2.80. The zero-order chi connectivity index (χ0) is 30.0. The number of benzene rings is 3. The molecule has 1 N–H and O–H groups in total. The number of methoxy groups -OCH3 is 1. The molecule has 8 nitrogen and oxygen atoms in total. The van der Waals surface area contributed by atoms with E-state index in [2.05, 4.69) is 5.32 Å². The first-order chi connectivity index (χ1) is 19.6. The number of para-hydroxylation sites is 2. The molecule has 2 amide bonds. The van der Waals surface area contributed by atoms with Gasteiger partial charge in [0.2, 0.25) is 11.8 Å². The molecule has 0 heterocycles. The normalized spacial score (nSPS) is 11.9. The number of hydrogen-bond acceptors (Lipinski definition) is 5. The average Bonchev–Trinajstić information content (AvgIpc) is 2.97. The van der Waals surface area contributed by atoms with Gasteiger partial charge in [0.1, 0.15) is 18.3 Å². The molecule has 0 aliphatic carbocycles. The fraction of sp³-hybridized carbons (Fsp3) is 0.333. The predicted octanol–water partition coefficient (Wildman–Crippen LogP) is 5.92. The number of hydrogen-bond donors (Lipinski definition) is 1. The molecular formula is C30H35Cl2N3O5S. The molecule has 220 valence electrons. The summed E-state index contributed by atoms with van der Waals surface area (Å²) in [5.74, 6) is -0.680. The van der Waals surface area contributed by atoms with E-state index >= 15 is 0 Å². The Morgan fingerprint density at radius 3 is 2.17 bits per heavy atom. The van der Waals surface area contributed by atoms with Crippen LogP contribution in [0.3, 0.4) is 0 Å². The van der Waals surface area contributed by atoms with Gasteiger partial charge in [-0.25, -0.2) is 8.42 Å². The summed E-state index contributed by atoms with van der Waals surface area (Å²) >= 11 is 12.9. The highest BCUT2D eigenvalue weighted by Gasteiger charge is 2.35. The number of halogens is 2. The first-order valence-electron chi connectivity index (χ1n) is 13.4. The van der Waals surface area contributed by atoms with Crippen LogP contribution in [0.25, 0.3) is 0 Å². The summed E-state index contributed by atoms with van der Waals surface area (Å²) in [6.07, 6.45) is 1.95. The molecule has 0 spiro atoms. The Bertz CT molecular complexity index is 1420. The lowest BCUT2D eigenvalue weighted by Gasteiger charge is -2.33. The molecule has 3 rings (SSSR count). The van der Waals surface area contributed by atoms with Crippen molar-refractivity contribution < 1.29 is 22.7 Å². The minimum atomic E-state index is -4.22. The van der Waals surface area contributed by atoms with Crippen molar-refractivity contribution in [3.63, 3.8) is 0 Å². The SMILES string of the molecule is CCCCNC(=O)[C@H](CC)N(Cc1c(Cl)cccc1Cl)C(=O)CN(c1ccccc1OC)S(=O)(=O)c1ccccc1. The molecule has 0 bridgehead atoms. The summed E-state index contributed by atoms with van der Waals surface area (Å²) in [6, 6.07) is 18.5. The molecule has 0 fully saturated rings. The Morgan fingerprint density at radius 2 is 1.56 bits per heavy atom. The molecule has 0 radical (unpaired) electrons. The molecule has 0 saturated carbocycles. The molecule has 3 aromatic rings. The lowest BCUT2D eigenvalue weighted by molar-refractivity contribution is -0.140. The molecule has 0 aromatic heterocycles. The number of anilines is 1. The van der Waals surface area contributed by atoms with Crippen LogP contribution in [0, 0.1) is 0 Å². The van der Waals surface area contributed by atoms with Crippen molar-refractivity contribution in [2.75, 3.05) is 24.5 Å². The maximum Gasteiger partial charge on any atom is 0.264 e. The van der Waals surface area contributed by atoms with E-state index in [1.54, 1.807) is 67.6 Å². The van der Waals surface area contributed by atoms with Crippen LogP contribution in [0.1, 0.15) is 38.7 Å². The van der Waals surface area contributed by atoms with Gasteiger partial charge in [-0.3, -0.25) is 13.9 Å². The summed E-state index contributed by atoms with van der Waals surface area (Å²) in [5.41, 5.74) is 0.641. The highest BCUT2D eigenvalue weighted by Crippen LogP contribution is 2.33. The number of carbonyl (C=O) groups is 2. The number of ether oxygens (including phenoxy) is 1. The zero-order valence-corrected chi connectivity index (χ0v) is 25.7. The van der Waals surface area contributed by atoms with Crippen molar-refractivity contribution >= 4 is 50.7 Å². The maximum atomic E-state index is 14.2. The standard InChI is InChI=1S/C30H35Cl2N3O5S/c1-4-6-19-33-30(37)26(5-2)34(20-23-24(31)15-12-16-25(23)32)29(36)21-35(27-17-10-11-18-28(27)40-3)41(38,39)22-13-8-7-9-14-22/h7-18,26H,4-6,19-21H2,1-3H3,(H,33,37)/t26-/m0/s1. The summed E-state index contributed by atoms with van der Waals surface area (Å²) < 4.78 is 34.4. The fourth-order valence-corrected chi connectivity index (χ4v) is 6.31. The van der Waals surface area contributed by atoms with E-state index in [-0.39, 0.29) is 35.2 Å². The van der Waals surface area contributed by atoms with Gasteiger partial charge in [0.05, 0.1) is 17.7 Å². The highest BCUT2D eigenvalue weighted by atomic mass is 35.5. The van der Waals surface area contributed by atoms with Crippen LogP contribution >= 0.6 is 23.2 Å². The van der Waals surface area contributed by atoms with Crippen LogP contribution in [0.4, 0.5) is 5.69 Å². The summed E-state index contributed by atoms with van der Waals surface area (Å²) in [4.78, 5) is 28.8. The monoisotopic (exact) mass is 619 g/mol. The van der Waals surface area contributed by atoms with Crippen LogP contribution < -0.4 is 14.4 Å². The molecule has 3 aromatic carbocycles. The van der Waals surface area contributed by atoms with E-state index in [1.807, 2.05) is 6.92 Å². The first-order valence-corrected chi connectivity index (χ1v) is 15.6. The number of rotatable bonds is 14. The Hall–Kier alpha value is -3.27. The van der Waals surface area contributed by atoms with Crippen molar-refractivity contribution in [1.82, 2.24) is 10.2 Å². The van der Waals surface area contributed by atoms with Crippen molar-refractivity contribution in [3.05, 3.63) is 88.4 Å². The number of amides is 2. The van der Waals surface area contributed by atoms with E-state index < -0.39 is 28.5 Å². The van der Waals surface area contributed by atoms with Gasteiger partial charge < -0.3 is 15.0 Å². The second-order valence-corrected chi connectivity index (χ2v) is 12.0. The third-order valence-electron chi connectivity index (χ3n) is 6.57. The third kappa shape index (κ3) is 7.93. The van der Waals surface area contributed by atoms with Crippen LogP contribution in [0.15, 0.2) is 77.7 Å². The summed E-state index contributed by atoms with van der Waals surface area (Å²) in [6.45, 7) is 3.56. The molecule has 11 heteroatoms. The highest BCUT2D eigenvalue weighted by molar-refractivity contribution is 7.92. The molecule has 41 heavy (non-hydrogen) atoms. The largest absolute Gasteiger partial charge is 0.495 e. The van der Waals surface area contributed by atoms with Gasteiger partial charge >= 0.3 is 0 Å². The van der Waals surface area contributed by atoms with E-state index in [1.165, 1.54) is 24.1 Å². The van der Waals surface area contributed by atoms with Gasteiger partial charge in [0.15, 0.2) is 0 Å². The van der Waals surface area contributed by atoms with E-state index in [0.29, 0.717) is 22.2 Å². The lowest BCUT2D eigenvalue weighted by atomic mass is 10.1. The number of nitrogens with zero attached hydrogens (tertiary/aromatic N) is 2. The summed E-state index contributed by atoms with van der Waals surface area (Å²) in [5, 5.41) is 3.55. The Kier molecular flexibility index (Phi) is 11.9. The minimum absolute atomic E-state index is 0.00348. The number of nitrogens with one attached hydrogen (secondary N) is 1. The molecule has 1 atom stereocenters. The lowest BCUT2D eigenvalue weighted by Crippen LogP contribution is -2.52. The van der Waals surface area contributed by atoms with Crippen LogP contribution in [-0.4, -0.2) is 51.4 Å². The van der Waals surface area contributed by atoms with E-state index in [0.717, 1.165) is 17.1 Å². The fourth-order valence-electron chi connectivity index (χ4n) is 4.35. The molecule has 0 saturated heterocycles. The Balaban J connectivity index is 2.10.